The summed E-state index contributed by atoms with van der Waals surface area (Å²) in [5.41, 5.74) is 1.71. The third kappa shape index (κ3) is 4.98. The molecule has 3 aromatic rings. The molecule has 2 aromatic carbocycles. The number of halogens is 1. The van der Waals surface area contributed by atoms with E-state index in [0.717, 1.165) is 15.6 Å². The summed E-state index contributed by atoms with van der Waals surface area (Å²) < 4.78 is 0.938. The molecule has 1 atom stereocenters. The standard InChI is InChI=1S/C18H17BrN6O2/c1-12(17(26)21-18(27)20-11-13-5-3-2-4-6-13)25-23-16(22-24-25)14-7-9-15(19)10-8-14/h2-10,12H,11H2,1H3,(H2,20,21,26,27). The Bertz CT molecular complexity index is 927. The van der Waals surface area contributed by atoms with Gasteiger partial charge in [0.2, 0.25) is 5.82 Å². The normalized spacial score (nSPS) is 11.6. The fraction of sp³-hybridized carbons (Fsp3) is 0.167. The number of carbonyl (C=O) groups excluding carboxylic acids is 2. The number of carbonyl (C=O) groups is 2. The van der Waals surface area contributed by atoms with Gasteiger partial charge in [-0.25, -0.2) is 4.79 Å². The smallest absolute Gasteiger partial charge is 0.321 e. The van der Waals surface area contributed by atoms with Gasteiger partial charge in [-0.1, -0.05) is 46.3 Å². The molecule has 138 valence electrons. The third-order valence-corrected chi connectivity index (χ3v) is 4.32. The van der Waals surface area contributed by atoms with Crippen LogP contribution in [0, 0.1) is 0 Å². The van der Waals surface area contributed by atoms with Crippen LogP contribution in [0.5, 0.6) is 0 Å². The van der Waals surface area contributed by atoms with Crippen molar-refractivity contribution in [1.82, 2.24) is 30.8 Å². The number of nitrogens with one attached hydrogen (secondary N) is 2. The van der Waals surface area contributed by atoms with Crippen LogP contribution in [0.2, 0.25) is 0 Å². The van der Waals surface area contributed by atoms with Gasteiger partial charge in [-0.15, -0.1) is 10.2 Å². The highest BCUT2D eigenvalue weighted by Gasteiger charge is 2.20. The van der Waals surface area contributed by atoms with Gasteiger partial charge in [0.25, 0.3) is 5.91 Å². The van der Waals surface area contributed by atoms with Crippen molar-refractivity contribution in [2.45, 2.75) is 19.5 Å². The Morgan fingerprint density at radius 2 is 1.81 bits per heavy atom. The lowest BCUT2D eigenvalue weighted by atomic mass is 10.2. The minimum Gasteiger partial charge on any atom is -0.334 e. The zero-order valence-corrected chi connectivity index (χ0v) is 16.0. The van der Waals surface area contributed by atoms with Crippen LogP contribution in [0.3, 0.4) is 0 Å². The van der Waals surface area contributed by atoms with Gasteiger partial charge in [0.05, 0.1) is 0 Å². The van der Waals surface area contributed by atoms with Crippen LogP contribution in [-0.4, -0.2) is 32.1 Å². The number of urea groups is 1. The van der Waals surface area contributed by atoms with Gasteiger partial charge in [-0.05, 0) is 42.0 Å². The number of nitrogens with zero attached hydrogens (tertiary/aromatic N) is 4. The average Bonchev–Trinajstić information content (AvgIpc) is 3.17. The molecule has 1 aromatic heterocycles. The van der Waals surface area contributed by atoms with Crippen molar-refractivity contribution in [2.24, 2.45) is 0 Å². The van der Waals surface area contributed by atoms with Crippen LogP contribution in [-0.2, 0) is 11.3 Å². The Balaban J connectivity index is 1.57. The maximum absolute atomic E-state index is 12.2. The molecule has 0 fully saturated rings. The topological polar surface area (TPSA) is 102 Å². The van der Waals surface area contributed by atoms with E-state index in [1.54, 1.807) is 6.92 Å². The summed E-state index contributed by atoms with van der Waals surface area (Å²) in [6.07, 6.45) is 0. The molecule has 0 bridgehead atoms. The van der Waals surface area contributed by atoms with Gasteiger partial charge in [-0.3, -0.25) is 10.1 Å². The van der Waals surface area contributed by atoms with E-state index in [9.17, 15) is 9.59 Å². The third-order valence-electron chi connectivity index (χ3n) is 3.79. The molecule has 9 heteroatoms. The summed E-state index contributed by atoms with van der Waals surface area (Å²) in [4.78, 5) is 25.3. The van der Waals surface area contributed by atoms with E-state index < -0.39 is 18.0 Å². The second-order valence-electron chi connectivity index (χ2n) is 5.77. The fourth-order valence-electron chi connectivity index (χ4n) is 2.25. The first kappa shape index (κ1) is 18.7. The van der Waals surface area contributed by atoms with Crippen LogP contribution >= 0.6 is 15.9 Å². The van der Waals surface area contributed by atoms with Crippen molar-refractivity contribution in [3.63, 3.8) is 0 Å². The molecule has 1 heterocycles. The first-order valence-corrected chi connectivity index (χ1v) is 9.00. The largest absolute Gasteiger partial charge is 0.334 e. The fourth-order valence-corrected chi connectivity index (χ4v) is 2.51. The zero-order valence-electron chi connectivity index (χ0n) is 14.5. The van der Waals surface area contributed by atoms with Crippen molar-refractivity contribution in [3.05, 3.63) is 64.6 Å². The Morgan fingerprint density at radius 3 is 2.52 bits per heavy atom. The first-order valence-electron chi connectivity index (χ1n) is 8.21. The molecule has 8 nitrogen and oxygen atoms in total. The second-order valence-corrected chi connectivity index (χ2v) is 6.69. The molecule has 0 spiro atoms. The van der Waals surface area contributed by atoms with Crippen molar-refractivity contribution >= 4 is 27.9 Å². The lowest BCUT2D eigenvalue weighted by molar-refractivity contribution is -0.123. The minimum atomic E-state index is -0.788. The van der Waals surface area contributed by atoms with E-state index in [1.807, 2.05) is 54.6 Å². The summed E-state index contributed by atoms with van der Waals surface area (Å²) in [7, 11) is 0. The number of tetrazole rings is 1. The molecule has 1 unspecified atom stereocenters. The Morgan fingerprint density at radius 1 is 1.11 bits per heavy atom. The minimum absolute atomic E-state index is 0.323. The van der Waals surface area contributed by atoms with Gasteiger partial charge in [0.15, 0.2) is 0 Å². The second kappa shape index (κ2) is 8.54. The number of imide groups is 1. The number of aromatic nitrogens is 4. The van der Waals surface area contributed by atoms with Crippen LogP contribution in [0.25, 0.3) is 11.4 Å². The molecule has 3 amide bonds. The van der Waals surface area contributed by atoms with Crippen molar-refractivity contribution < 1.29 is 9.59 Å². The molecule has 0 aliphatic carbocycles. The summed E-state index contributed by atoms with van der Waals surface area (Å²) in [6.45, 7) is 1.91. The molecular formula is C18H17BrN6O2. The van der Waals surface area contributed by atoms with E-state index in [4.69, 9.17) is 0 Å². The van der Waals surface area contributed by atoms with Crippen molar-refractivity contribution in [1.29, 1.82) is 0 Å². The van der Waals surface area contributed by atoms with Crippen LogP contribution < -0.4 is 10.6 Å². The number of amides is 3. The van der Waals surface area contributed by atoms with Gasteiger partial charge >= 0.3 is 6.03 Å². The number of rotatable bonds is 5. The van der Waals surface area contributed by atoms with Gasteiger partial charge < -0.3 is 5.32 Å². The Kier molecular flexibility index (Phi) is 5.92. The average molecular weight is 429 g/mol. The van der Waals surface area contributed by atoms with Crippen molar-refractivity contribution in [2.75, 3.05) is 0 Å². The summed E-state index contributed by atoms with van der Waals surface area (Å²) in [6, 6.07) is 15.5. The van der Waals surface area contributed by atoms with Crippen LogP contribution in [0.15, 0.2) is 59.1 Å². The summed E-state index contributed by atoms with van der Waals surface area (Å²) in [5, 5.41) is 17.0. The van der Waals surface area contributed by atoms with Gasteiger partial charge in [-0.2, -0.15) is 4.80 Å². The van der Waals surface area contributed by atoms with Crippen LogP contribution in [0.1, 0.15) is 18.5 Å². The molecule has 0 saturated heterocycles. The number of benzene rings is 2. The van der Waals surface area contributed by atoms with Crippen molar-refractivity contribution in [3.8, 4) is 11.4 Å². The molecule has 3 rings (SSSR count). The predicted octanol–water partition coefficient (Wildman–Crippen LogP) is 2.69. The van der Waals surface area contributed by atoms with Crippen LogP contribution in [0.4, 0.5) is 4.79 Å². The van der Waals surface area contributed by atoms with Gasteiger partial charge in [0, 0.05) is 16.6 Å². The molecule has 27 heavy (non-hydrogen) atoms. The number of hydrogen-bond donors (Lipinski definition) is 2. The Hall–Kier alpha value is -3.07. The lowest BCUT2D eigenvalue weighted by Gasteiger charge is -2.11. The van der Waals surface area contributed by atoms with E-state index >= 15 is 0 Å². The summed E-state index contributed by atoms with van der Waals surface area (Å²) in [5.74, 6) is -0.129. The monoisotopic (exact) mass is 428 g/mol. The van der Waals surface area contributed by atoms with E-state index in [0.29, 0.717) is 12.4 Å². The highest BCUT2D eigenvalue weighted by atomic mass is 79.9. The molecule has 0 aliphatic heterocycles. The predicted molar refractivity (Wildman–Crippen MR) is 102 cm³/mol. The quantitative estimate of drug-likeness (QED) is 0.650. The molecule has 2 N–H and O–H groups in total. The van der Waals surface area contributed by atoms with E-state index in [-0.39, 0.29) is 0 Å². The van der Waals surface area contributed by atoms with E-state index in [2.05, 4.69) is 42.0 Å². The molecule has 0 radical (unpaired) electrons. The molecule has 0 saturated carbocycles. The highest BCUT2D eigenvalue weighted by molar-refractivity contribution is 9.10. The zero-order chi connectivity index (χ0) is 19.2. The number of hydrogen-bond acceptors (Lipinski definition) is 5. The SMILES string of the molecule is CC(C(=O)NC(=O)NCc1ccccc1)n1nnc(-c2ccc(Br)cc2)n1. The van der Waals surface area contributed by atoms with Gasteiger partial charge in [0.1, 0.15) is 6.04 Å². The molecule has 0 aliphatic rings. The first-order chi connectivity index (χ1) is 13.0. The van der Waals surface area contributed by atoms with E-state index in [1.165, 1.54) is 4.80 Å². The summed E-state index contributed by atoms with van der Waals surface area (Å²) >= 11 is 3.36. The Labute approximate surface area is 164 Å². The molecular weight excluding hydrogens is 412 g/mol. The maximum Gasteiger partial charge on any atom is 0.321 e. The lowest BCUT2D eigenvalue weighted by Crippen LogP contribution is -2.42. The maximum atomic E-state index is 12.2. The highest BCUT2D eigenvalue weighted by Crippen LogP contribution is 2.18.